The molecule has 0 spiro atoms. The molecule has 0 aromatic carbocycles. The summed E-state index contributed by atoms with van der Waals surface area (Å²) in [4.78, 5) is 39.6. The largest absolute Gasteiger partial charge is 0.478 e. The van der Waals surface area contributed by atoms with Gasteiger partial charge in [0.15, 0.2) is 18.9 Å². The van der Waals surface area contributed by atoms with Gasteiger partial charge in [-0.1, -0.05) is 26.3 Å². The minimum atomic E-state index is -1.04. The maximum Gasteiger partial charge on any atom is 0.332 e. The van der Waals surface area contributed by atoms with Crippen LogP contribution in [-0.4, -0.2) is 63.2 Å². The van der Waals surface area contributed by atoms with E-state index in [1.54, 1.807) is 0 Å². The standard InChI is InChI=1S/3C5H8O3.C3H4O2/c3*1-3-5(7)8-4(2)6;1-2-3(4)5/h3*3-4,6H,1H2,2H3;2H,1H2,(H,4,5). The van der Waals surface area contributed by atoms with E-state index >= 15 is 0 Å². The maximum atomic E-state index is 10.1. The molecule has 4 N–H and O–H groups in total. The van der Waals surface area contributed by atoms with Crippen LogP contribution in [0.5, 0.6) is 0 Å². The molecular formula is C18H28O11. The molecule has 0 saturated carbocycles. The van der Waals surface area contributed by atoms with Gasteiger partial charge in [-0.15, -0.1) is 0 Å². The van der Waals surface area contributed by atoms with Crippen LogP contribution in [-0.2, 0) is 33.4 Å². The Balaban J connectivity index is -0.000000146. The molecule has 0 aromatic heterocycles. The number of carboxylic acid groups (broad SMARTS) is 1. The zero-order valence-electron chi connectivity index (χ0n) is 16.5. The lowest BCUT2D eigenvalue weighted by Crippen LogP contribution is -2.10. The highest BCUT2D eigenvalue weighted by Gasteiger charge is 1.99. The SMILES string of the molecule is C=CC(=O)O.C=CC(=O)OC(C)O.C=CC(=O)OC(C)O.C=CC(=O)OC(C)O. The number of ether oxygens (including phenoxy) is 3. The molecule has 3 atom stereocenters. The fourth-order valence-electron chi connectivity index (χ4n) is 0.649. The number of aliphatic hydroxyl groups excluding tert-OH is 3. The summed E-state index contributed by atoms with van der Waals surface area (Å²) in [5.41, 5.74) is 0. The van der Waals surface area contributed by atoms with Crippen molar-refractivity contribution in [1.29, 1.82) is 0 Å². The van der Waals surface area contributed by atoms with Gasteiger partial charge in [0, 0.05) is 24.3 Å². The highest BCUT2D eigenvalue weighted by atomic mass is 16.6. The smallest absolute Gasteiger partial charge is 0.332 e. The van der Waals surface area contributed by atoms with Gasteiger partial charge in [-0.2, -0.15) is 0 Å². The van der Waals surface area contributed by atoms with Crippen molar-refractivity contribution < 1.29 is 53.8 Å². The fraction of sp³-hybridized carbons (Fsp3) is 0.333. The molecule has 11 heteroatoms. The fourth-order valence-corrected chi connectivity index (χ4v) is 0.649. The average Bonchev–Trinajstić information content (AvgIpc) is 2.61. The van der Waals surface area contributed by atoms with Crippen molar-refractivity contribution in [1.82, 2.24) is 0 Å². The number of carboxylic acids is 1. The molecular weight excluding hydrogens is 392 g/mol. The van der Waals surface area contributed by atoms with Crippen molar-refractivity contribution in [3.8, 4) is 0 Å². The third kappa shape index (κ3) is 45.6. The van der Waals surface area contributed by atoms with Gasteiger partial charge >= 0.3 is 23.9 Å². The second kappa shape index (κ2) is 22.8. The van der Waals surface area contributed by atoms with Crippen LogP contribution in [0.15, 0.2) is 50.6 Å². The molecule has 0 saturated heterocycles. The Morgan fingerprint density at radius 1 is 0.621 bits per heavy atom. The molecule has 0 radical (unpaired) electrons. The van der Waals surface area contributed by atoms with E-state index in [9.17, 15) is 19.2 Å². The van der Waals surface area contributed by atoms with E-state index in [0.717, 1.165) is 24.3 Å². The minimum absolute atomic E-state index is 0.611. The number of esters is 3. The molecule has 0 bridgehead atoms. The zero-order valence-corrected chi connectivity index (χ0v) is 16.5. The first-order valence-electron chi connectivity index (χ1n) is 7.65. The van der Waals surface area contributed by atoms with E-state index in [1.165, 1.54) is 20.8 Å². The maximum absolute atomic E-state index is 10.1. The Hall–Kier alpha value is -3.28. The van der Waals surface area contributed by atoms with Crippen molar-refractivity contribution in [2.75, 3.05) is 0 Å². The van der Waals surface area contributed by atoms with Gasteiger partial charge in [0.25, 0.3) is 0 Å². The summed E-state index contributed by atoms with van der Waals surface area (Å²) in [6, 6.07) is 0. The number of aliphatic carboxylic acids is 1. The molecule has 0 aliphatic rings. The van der Waals surface area contributed by atoms with Gasteiger partial charge in [0.2, 0.25) is 0 Å². The molecule has 0 aromatic rings. The van der Waals surface area contributed by atoms with Crippen molar-refractivity contribution in [3.63, 3.8) is 0 Å². The van der Waals surface area contributed by atoms with Gasteiger partial charge < -0.3 is 34.6 Å². The quantitative estimate of drug-likeness (QED) is 0.194. The zero-order chi connectivity index (χ0) is 24.0. The Labute approximate surface area is 168 Å². The first-order valence-corrected chi connectivity index (χ1v) is 7.65. The summed E-state index contributed by atoms with van der Waals surface area (Å²) in [6.45, 7) is 16.4. The number of hydrogen-bond acceptors (Lipinski definition) is 10. The first kappa shape index (κ1) is 33.3. The van der Waals surface area contributed by atoms with Crippen LogP contribution in [0.4, 0.5) is 0 Å². The lowest BCUT2D eigenvalue weighted by molar-refractivity contribution is -0.159. The van der Waals surface area contributed by atoms with Gasteiger partial charge in [-0.3, -0.25) is 0 Å². The van der Waals surface area contributed by atoms with Gasteiger partial charge in [0.05, 0.1) is 0 Å². The van der Waals surface area contributed by atoms with E-state index in [4.69, 9.17) is 20.4 Å². The monoisotopic (exact) mass is 420 g/mol. The van der Waals surface area contributed by atoms with Crippen LogP contribution in [0.2, 0.25) is 0 Å². The Kier molecular flexibility index (Phi) is 26.1. The predicted molar refractivity (Wildman–Crippen MR) is 102 cm³/mol. The normalized spacial score (nSPS) is 11.2. The lowest BCUT2D eigenvalue weighted by atomic mass is 10.6. The molecule has 0 aliphatic carbocycles. The van der Waals surface area contributed by atoms with Crippen molar-refractivity contribution in [3.05, 3.63) is 50.6 Å². The highest BCUT2D eigenvalue weighted by molar-refractivity contribution is 5.81. The Morgan fingerprint density at radius 2 is 0.793 bits per heavy atom. The molecule has 11 nitrogen and oxygen atoms in total. The van der Waals surface area contributed by atoms with Crippen molar-refractivity contribution in [2.45, 2.75) is 39.6 Å². The van der Waals surface area contributed by atoms with Crippen LogP contribution in [0, 0.1) is 0 Å². The summed E-state index contributed by atoms with van der Waals surface area (Å²) in [5, 5.41) is 32.7. The molecule has 0 heterocycles. The Morgan fingerprint density at radius 3 is 0.828 bits per heavy atom. The van der Waals surface area contributed by atoms with Crippen LogP contribution in [0.1, 0.15) is 20.8 Å². The lowest BCUT2D eigenvalue weighted by Gasteiger charge is -2.01. The summed E-state index contributed by atoms with van der Waals surface area (Å²) in [5.74, 6) is -2.81. The number of carbonyl (C=O) groups excluding carboxylic acids is 3. The third-order valence-corrected chi connectivity index (χ3v) is 1.53. The van der Waals surface area contributed by atoms with Crippen LogP contribution < -0.4 is 0 Å². The van der Waals surface area contributed by atoms with Crippen LogP contribution >= 0.6 is 0 Å². The average molecular weight is 420 g/mol. The molecule has 0 amide bonds. The molecule has 3 unspecified atom stereocenters. The molecule has 0 aliphatic heterocycles. The highest BCUT2D eigenvalue weighted by Crippen LogP contribution is 1.85. The van der Waals surface area contributed by atoms with Crippen molar-refractivity contribution in [2.24, 2.45) is 0 Å². The second-order valence-electron chi connectivity index (χ2n) is 4.26. The molecule has 0 rings (SSSR count). The third-order valence-electron chi connectivity index (χ3n) is 1.53. The van der Waals surface area contributed by atoms with Crippen LogP contribution in [0.3, 0.4) is 0 Å². The van der Waals surface area contributed by atoms with E-state index in [-0.39, 0.29) is 0 Å². The van der Waals surface area contributed by atoms with Gasteiger partial charge in [-0.25, -0.2) is 19.2 Å². The summed E-state index contributed by atoms with van der Waals surface area (Å²) in [7, 11) is 0. The number of aliphatic hydroxyl groups is 3. The summed E-state index contributed by atoms with van der Waals surface area (Å²) >= 11 is 0. The summed E-state index contributed by atoms with van der Waals surface area (Å²) < 4.78 is 12.6. The van der Waals surface area contributed by atoms with Crippen LogP contribution in [0.25, 0.3) is 0 Å². The van der Waals surface area contributed by atoms with Crippen molar-refractivity contribution >= 4 is 23.9 Å². The second-order valence-corrected chi connectivity index (χ2v) is 4.26. The molecule has 0 fully saturated rings. The Bertz CT molecular complexity index is 472. The topological polar surface area (TPSA) is 177 Å². The van der Waals surface area contributed by atoms with Gasteiger partial charge in [-0.05, 0) is 20.8 Å². The number of hydrogen-bond donors (Lipinski definition) is 4. The molecule has 166 valence electrons. The van der Waals surface area contributed by atoms with E-state index in [1.807, 2.05) is 0 Å². The van der Waals surface area contributed by atoms with E-state index in [0.29, 0.717) is 0 Å². The van der Waals surface area contributed by atoms with Gasteiger partial charge in [0.1, 0.15) is 0 Å². The minimum Gasteiger partial charge on any atom is -0.478 e. The van der Waals surface area contributed by atoms with E-state index in [2.05, 4.69) is 40.5 Å². The molecule has 29 heavy (non-hydrogen) atoms. The summed E-state index contributed by atoms with van der Waals surface area (Å²) in [6.07, 6.45) is 0.688. The first-order chi connectivity index (χ1) is 13.3. The number of rotatable bonds is 7. The number of carbonyl (C=O) groups is 4. The predicted octanol–water partition coefficient (Wildman–Crippen LogP) is 0.419. The van der Waals surface area contributed by atoms with E-state index < -0.39 is 42.7 Å².